The lowest BCUT2D eigenvalue weighted by molar-refractivity contribution is 0.373. The smallest absolute Gasteiger partial charge is 0.165 e. The number of phenols is 1. The van der Waals surface area contributed by atoms with Crippen molar-refractivity contribution in [2.24, 2.45) is 4.99 Å². The van der Waals surface area contributed by atoms with Gasteiger partial charge in [-0.2, -0.15) is 0 Å². The second-order valence-electron chi connectivity index (χ2n) is 6.93. The maximum Gasteiger partial charge on any atom is 0.165 e. The van der Waals surface area contributed by atoms with Gasteiger partial charge in [0.05, 0.1) is 7.11 Å². The number of hydrogen-bond donors (Lipinski definition) is 1. The number of rotatable bonds is 4. The first-order chi connectivity index (χ1) is 14.7. The highest BCUT2D eigenvalue weighted by atomic mass is 16.5. The van der Waals surface area contributed by atoms with E-state index in [0.29, 0.717) is 17.3 Å². The summed E-state index contributed by atoms with van der Waals surface area (Å²) in [5.74, 6) is 1.18. The summed E-state index contributed by atoms with van der Waals surface area (Å²) in [5.41, 5.74) is 3.27. The van der Waals surface area contributed by atoms with E-state index in [-0.39, 0.29) is 5.75 Å². The van der Waals surface area contributed by atoms with Crippen LogP contribution in [0.5, 0.6) is 11.5 Å². The largest absolute Gasteiger partial charge is 0.504 e. The zero-order valence-electron chi connectivity index (χ0n) is 16.4. The zero-order valence-corrected chi connectivity index (χ0v) is 16.4. The molecule has 0 aliphatic carbocycles. The molecule has 5 aromatic rings. The predicted octanol–water partition coefficient (Wildman–Crippen LogP) is 5.62. The lowest BCUT2D eigenvalue weighted by Gasteiger charge is -2.06. The number of phenolic OH excluding ortho intramolecular Hbond substituents is 1. The van der Waals surface area contributed by atoms with Crippen LogP contribution in [0.15, 0.2) is 90.1 Å². The molecule has 5 nitrogen and oxygen atoms in total. The van der Waals surface area contributed by atoms with Crippen LogP contribution in [0.1, 0.15) is 5.56 Å². The molecule has 0 saturated heterocycles. The molecule has 5 rings (SSSR count). The average molecular weight is 393 g/mol. The fourth-order valence-electron chi connectivity index (χ4n) is 3.63. The predicted molar refractivity (Wildman–Crippen MR) is 120 cm³/mol. The van der Waals surface area contributed by atoms with Gasteiger partial charge in [0.2, 0.25) is 0 Å². The summed E-state index contributed by atoms with van der Waals surface area (Å²) in [6, 6.07) is 25.5. The van der Waals surface area contributed by atoms with Crippen LogP contribution in [0.4, 0.5) is 5.82 Å². The molecule has 2 heterocycles. The van der Waals surface area contributed by atoms with E-state index < -0.39 is 0 Å². The van der Waals surface area contributed by atoms with Gasteiger partial charge in [0.1, 0.15) is 11.3 Å². The van der Waals surface area contributed by atoms with E-state index in [9.17, 15) is 5.11 Å². The van der Waals surface area contributed by atoms with Gasteiger partial charge in [-0.1, -0.05) is 48.5 Å². The summed E-state index contributed by atoms with van der Waals surface area (Å²) in [6.45, 7) is 0. The monoisotopic (exact) mass is 393 g/mol. The van der Waals surface area contributed by atoms with Gasteiger partial charge in [-0.25, -0.2) is 9.98 Å². The van der Waals surface area contributed by atoms with Crippen molar-refractivity contribution >= 4 is 28.5 Å². The van der Waals surface area contributed by atoms with Gasteiger partial charge in [-0.3, -0.25) is 4.40 Å². The Bertz CT molecular complexity index is 1400. The third kappa shape index (κ3) is 3.06. The first-order valence-electron chi connectivity index (χ1n) is 9.61. The van der Waals surface area contributed by atoms with Crippen LogP contribution in [0, 0.1) is 0 Å². The molecule has 0 fully saturated rings. The van der Waals surface area contributed by atoms with Crippen molar-refractivity contribution in [2.75, 3.05) is 7.11 Å². The molecule has 3 aromatic carbocycles. The van der Waals surface area contributed by atoms with Gasteiger partial charge in [0, 0.05) is 23.5 Å². The number of fused-ring (bicyclic) bond motifs is 2. The number of imidazole rings is 1. The highest BCUT2D eigenvalue weighted by Crippen LogP contribution is 2.36. The molecule has 0 spiro atoms. The van der Waals surface area contributed by atoms with Crippen LogP contribution in [-0.4, -0.2) is 27.8 Å². The molecule has 0 aliphatic rings. The Morgan fingerprint density at radius 2 is 1.80 bits per heavy atom. The second-order valence-corrected chi connectivity index (χ2v) is 6.93. The third-order valence-electron chi connectivity index (χ3n) is 5.11. The summed E-state index contributed by atoms with van der Waals surface area (Å²) >= 11 is 0. The molecule has 1 N–H and O–H groups in total. The van der Waals surface area contributed by atoms with Gasteiger partial charge in [-0.05, 0) is 41.1 Å². The van der Waals surface area contributed by atoms with Crippen molar-refractivity contribution in [1.29, 1.82) is 0 Å². The Balaban J connectivity index is 1.67. The van der Waals surface area contributed by atoms with E-state index >= 15 is 0 Å². The van der Waals surface area contributed by atoms with Crippen molar-refractivity contribution in [2.45, 2.75) is 0 Å². The van der Waals surface area contributed by atoms with Crippen LogP contribution in [0.25, 0.3) is 27.7 Å². The molecule has 5 heteroatoms. The molecule has 0 radical (unpaired) electrons. The topological polar surface area (TPSA) is 59.1 Å². The molecule has 30 heavy (non-hydrogen) atoms. The lowest BCUT2D eigenvalue weighted by atomic mass is 10.1. The normalized spacial score (nSPS) is 11.5. The van der Waals surface area contributed by atoms with E-state index in [1.807, 2.05) is 65.3 Å². The minimum absolute atomic E-state index is 0.0658. The summed E-state index contributed by atoms with van der Waals surface area (Å²) < 4.78 is 7.11. The Hall–Kier alpha value is -4.12. The summed E-state index contributed by atoms with van der Waals surface area (Å²) in [7, 11) is 1.53. The number of aromatic nitrogens is 2. The Morgan fingerprint density at radius 1 is 0.967 bits per heavy atom. The molecule has 0 unspecified atom stereocenters. The SMILES string of the molecule is COc1ccc(-c2nc3ccccn3c2/N=C/c2cccc3ccccc23)cc1O. The van der Waals surface area contributed by atoms with Crippen LogP contribution in [-0.2, 0) is 0 Å². The molecule has 0 atom stereocenters. The van der Waals surface area contributed by atoms with Crippen LogP contribution in [0.3, 0.4) is 0 Å². The molecule has 0 bridgehead atoms. The minimum atomic E-state index is 0.0658. The first kappa shape index (κ1) is 17.9. The van der Waals surface area contributed by atoms with Gasteiger partial charge in [0.25, 0.3) is 0 Å². The molecule has 146 valence electrons. The number of ether oxygens (including phenoxy) is 1. The average Bonchev–Trinajstić information content (AvgIpc) is 3.16. The van der Waals surface area contributed by atoms with E-state index in [1.165, 1.54) is 12.5 Å². The van der Waals surface area contributed by atoms with Gasteiger partial charge < -0.3 is 9.84 Å². The summed E-state index contributed by atoms with van der Waals surface area (Å²) in [5, 5.41) is 12.6. The van der Waals surface area contributed by atoms with E-state index in [0.717, 1.165) is 22.2 Å². The highest BCUT2D eigenvalue weighted by molar-refractivity contribution is 6.00. The number of benzene rings is 3. The molecular weight excluding hydrogens is 374 g/mol. The van der Waals surface area contributed by atoms with Gasteiger partial charge >= 0.3 is 0 Å². The lowest BCUT2D eigenvalue weighted by Crippen LogP contribution is -1.87. The quantitative estimate of drug-likeness (QED) is 0.403. The van der Waals surface area contributed by atoms with Crippen molar-refractivity contribution in [3.63, 3.8) is 0 Å². The highest BCUT2D eigenvalue weighted by Gasteiger charge is 2.15. The van der Waals surface area contributed by atoms with Crippen molar-refractivity contribution in [1.82, 2.24) is 9.38 Å². The summed E-state index contributed by atoms with van der Waals surface area (Å²) in [6.07, 6.45) is 3.80. The van der Waals surface area contributed by atoms with E-state index in [2.05, 4.69) is 18.2 Å². The Labute approximate surface area is 173 Å². The Kier molecular flexibility index (Phi) is 4.41. The maximum absolute atomic E-state index is 10.2. The first-order valence-corrected chi connectivity index (χ1v) is 9.61. The number of methoxy groups -OCH3 is 1. The molecule has 2 aromatic heterocycles. The van der Waals surface area contributed by atoms with E-state index in [4.69, 9.17) is 14.7 Å². The van der Waals surface area contributed by atoms with Crippen LogP contribution < -0.4 is 4.74 Å². The zero-order chi connectivity index (χ0) is 20.5. The Morgan fingerprint density at radius 3 is 2.67 bits per heavy atom. The summed E-state index contributed by atoms with van der Waals surface area (Å²) in [4.78, 5) is 9.58. The molecular formula is C25H19N3O2. The van der Waals surface area contributed by atoms with Crippen molar-refractivity contribution < 1.29 is 9.84 Å². The van der Waals surface area contributed by atoms with Crippen LogP contribution in [0.2, 0.25) is 0 Å². The number of pyridine rings is 1. The van der Waals surface area contributed by atoms with Crippen LogP contribution >= 0.6 is 0 Å². The fourth-order valence-corrected chi connectivity index (χ4v) is 3.63. The number of aliphatic imine (C=N–C) groups is 1. The number of nitrogens with zero attached hydrogens (tertiary/aromatic N) is 3. The second kappa shape index (κ2) is 7.37. The van der Waals surface area contributed by atoms with Gasteiger partial charge in [0.15, 0.2) is 17.3 Å². The van der Waals surface area contributed by atoms with Crippen molar-refractivity contribution in [3.8, 4) is 22.8 Å². The molecule has 0 amide bonds. The van der Waals surface area contributed by atoms with Gasteiger partial charge in [-0.15, -0.1) is 0 Å². The number of aromatic hydroxyl groups is 1. The standard InChI is InChI=1S/C25H19N3O2/c1-30-22-13-12-18(15-21(22)29)24-25(28-14-5-4-11-23(28)27-24)26-16-19-9-6-8-17-7-2-3-10-20(17)19/h2-16,29H,1H3/b26-16+. The minimum Gasteiger partial charge on any atom is -0.504 e. The van der Waals surface area contributed by atoms with Crippen molar-refractivity contribution in [3.05, 3.63) is 90.6 Å². The third-order valence-corrected chi connectivity index (χ3v) is 5.11. The van der Waals surface area contributed by atoms with E-state index in [1.54, 1.807) is 12.1 Å². The molecule has 0 aliphatic heterocycles. The number of hydrogen-bond acceptors (Lipinski definition) is 4. The fraction of sp³-hybridized carbons (Fsp3) is 0.0400. The molecule has 0 saturated carbocycles. The maximum atomic E-state index is 10.2.